The highest BCUT2D eigenvalue weighted by Crippen LogP contribution is 2.34. The molecule has 210 valence electrons. The molecule has 0 fully saturated rings. The van der Waals surface area contributed by atoms with Crippen molar-refractivity contribution in [3.63, 3.8) is 0 Å². The van der Waals surface area contributed by atoms with Crippen LogP contribution < -0.4 is 20.9 Å². The van der Waals surface area contributed by atoms with Gasteiger partial charge in [-0.25, -0.2) is 0 Å². The average Bonchev–Trinajstić information content (AvgIpc) is 3.34. The van der Waals surface area contributed by atoms with Crippen LogP contribution in [0.1, 0.15) is 41.4 Å². The number of hydrogen-bond donors (Lipinski definition) is 3. The van der Waals surface area contributed by atoms with Gasteiger partial charge in [0.1, 0.15) is 22.7 Å². The molecule has 9 heteroatoms. The van der Waals surface area contributed by atoms with E-state index in [9.17, 15) is 14.4 Å². The number of carbonyl (C=O) groups excluding carboxylic acids is 2. The van der Waals surface area contributed by atoms with Crippen LogP contribution in [-0.2, 0) is 11.8 Å². The van der Waals surface area contributed by atoms with Crippen LogP contribution in [0.25, 0.3) is 22.0 Å². The van der Waals surface area contributed by atoms with E-state index in [0.29, 0.717) is 46.7 Å². The average molecular weight is 544 g/mol. The van der Waals surface area contributed by atoms with E-state index in [-0.39, 0.29) is 17.4 Å². The summed E-state index contributed by atoms with van der Waals surface area (Å²) < 4.78 is 7.76. The molecule has 2 aromatic heterocycles. The molecule has 0 spiro atoms. The lowest BCUT2D eigenvalue weighted by Crippen LogP contribution is -2.23. The van der Waals surface area contributed by atoms with Crippen molar-refractivity contribution in [3.8, 4) is 22.6 Å². The molecule has 4 rings (SSSR count). The third kappa shape index (κ3) is 6.60. The van der Waals surface area contributed by atoms with Gasteiger partial charge in [-0.2, -0.15) is 0 Å². The van der Waals surface area contributed by atoms with Crippen molar-refractivity contribution in [1.82, 2.24) is 19.8 Å². The molecule has 0 unspecified atom stereocenters. The summed E-state index contributed by atoms with van der Waals surface area (Å²) in [6.45, 7) is 7.10. The summed E-state index contributed by atoms with van der Waals surface area (Å²) in [5.74, 6) is 0.914. The normalized spacial score (nSPS) is 11.2. The second-order valence-corrected chi connectivity index (χ2v) is 10.4. The number of rotatable bonds is 10. The fourth-order valence-electron chi connectivity index (χ4n) is 4.61. The number of aromatic amines is 1. The van der Waals surface area contributed by atoms with Gasteiger partial charge in [0.05, 0.1) is 0 Å². The predicted molar refractivity (Wildman–Crippen MR) is 159 cm³/mol. The maximum atomic E-state index is 12.8. The van der Waals surface area contributed by atoms with Crippen LogP contribution in [0.5, 0.6) is 11.5 Å². The molecular weight excluding hydrogens is 506 g/mol. The highest BCUT2D eigenvalue weighted by molar-refractivity contribution is 6.02. The molecular formula is C31H37N5O4. The van der Waals surface area contributed by atoms with Crippen LogP contribution in [0.15, 0.2) is 53.5 Å². The Bertz CT molecular complexity index is 1620. The summed E-state index contributed by atoms with van der Waals surface area (Å²) in [6.07, 6.45) is 3.00. The van der Waals surface area contributed by atoms with Gasteiger partial charge in [0, 0.05) is 48.9 Å². The lowest BCUT2D eigenvalue weighted by molar-refractivity contribution is -0.116. The fourth-order valence-corrected chi connectivity index (χ4v) is 4.61. The Morgan fingerprint density at radius 3 is 2.55 bits per heavy atom. The molecule has 2 aromatic carbocycles. The summed E-state index contributed by atoms with van der Waals surface area (Å²) in [5.41, 5.74) is 4.76. The first-order valence-electron chi connectivity index (χ1n) is 13.4. The first kappa shape index (κ1) is 28.6. The smallest absolute Gasteiger partial charge is 0.274 e. The van der Waals surface area contributed by atoms with Crippen LogP contribution >= 0.6 is 0 Å². The van der Waals surface area contributed by atoms with E-state index >= 15 is 0 Å². The second-order valence-electron chi connectivity index (χ2n) is 10.4. The molecule has 0 atom stereocenters. The van der Waals surface area contributed by atoms with Crippen molar-refractivity contribution in [2.45, 2.75) is 33.6 Å². The van der Waals surface area contributed by atoms with Gasteiger partial charge in [-0.1, -0.05) is 12.1 Å². The Labute approximate surface area is 234 Å². The highest BCUT2D eigenvalue weighted by atomic mass is 16.5. The molecule has 0 saturated heterocycles. The number of amides is 2. The lowest BCUT2D eigenvalue weighted by atomic mass is 10.0. The van der Waals surface area contributed by atoms with Crippen LogP contribution in [0.4, 0.5) is 5.69 Å². The Morgan fingerprint density at radius 1 is 1.05 bits per heavy atom. The van der Waals surface area contributed by atoms with Crippen molar-refractivity contribution in [1.29, 1.82) is 0 Å². The quantitative estimate of drug-likeness (QED) is 0.262. The number of nitrogens with zero attached hydrogens (tertiary/aromatic N) is 2. The Balaban J connectivity index is 1.64. The van der Waals surface area contributed by atoms with Crippen molar-refractivity contribution >= 4 is 28.4 Å². The maximum absolute atomic E-state index is 12.8. The van der Waals surface area contributed by atoms with Gasteiger partial charge >= 0.3 is 0 Å². The van der Waals surface area contributed by atoms with E-state index < -0.39 is 0 Å². The van der Waals surface area contributed by atoms with Gasteiger partial charge in [0.2, 0.25) is 5.91 Å². The topological polar surface area (TPSA) is 108 Å². The zero-order chi connectivity index (χ0) is 29.0. The summed E-state index contributed by atoms with van der Waals surface area (Å²) >= 11 is 0. The number of pyridine rings is 1. The molecule has 0 aliphatic carbocycles. The first-order chi connectivity index (χ1) is 19.0. The monoisotopic (exact) mass is 543 g/mol. The summed E-state index contributed by atoms with van der Waals surface area (Å²) in [6, 6.07) is 13.2. The number of nitrogens with one attached hydrogen (secondary N) is 3. The molecule has 0 bridgehead atoms. The van der Waals surface area contributed by atoms with Crippen LogP contribution in [-0.4, -0.2) is 53.5 Å². The first-order valence-corrected chi connectivity index (χ1v) is 13.4. The third-order valence-corrected chi connectivity index (χ3v) is 6.64. The number of ether oxygens (including phenoxy) is 1. The zero-order valence-corrected chi connectivity index (χ0v) is 24.0. The number of benzene rings is 2. The zero-order valence-electron chi connectivity index (χ0n) is 24.0. The van der Waals surface area contributed by atoms with Gasteiger partial charge in [0.15, 0.2) is 0 Å². The van der Waals surface area contributed by atoms with E-state index in [1.807, 2.05) is 71.3 Å². The number of H-pyrrole nitrogens is 1. The number of fused-ring (bicyclic) bond motifs is 1. The second kappa shape index (κ2) is 12.2. The summed E-state index contributed by atoms with van der Waals surface area (Å²) in [5, 5.41) is 6.44. The minimum atomic E-state index is -0.264. The Hall–Kier alpha value is -4.37. The minimum Gasteiger partial charge on any atom is -0.457 e. The molecule has 2 amide bonds. The van der Waals surface area contributed by atoms with Crippen LogP contribution in [0, 0.1) is 13.8 Å². The van der Waals surface area contributed by atoms with E-state index in [2.05, 4.69) is 20.5 Å². The third-order valence-electron chi connectivity index (χ3n) is 6.64. The maximum Gasteiger partial charge on any atom is 0.274 e. The molecule has 0 saturated carbocycles. The number of hydrogen-bond acceptors (Lipinski definition) is 5. The lowest BCUT2D eigenvalue weighted by Gasteiger charge is -2.14. The van der Waals surface area contributed by atoms with E-state index in [1.54, 1.807) is 19.3 Å². The molecule has 0 aliphatic heterocycles. The summed E-state index contributed by atoms with van der Waals surface area (Å²) in [7, 11) is 5.67. The molecule has 9 nitrogen and oxygen atoms in total. The van der Waals surface area contributed by atoms with Gasteiger partial charge in [-0.15, -0.1) is 0 Å². The molecule has 0 aliphatic rings. The van der Waals surface area contributed by atoms with E-state index in [1.165, 1.54) is 4.57 Å². The Morgan fingerprint density at radius 2 is 1.82 bits per heavy atom. The number of anilines is 1. The SMILES string of the molecule is CCNC(=O)c1cc2c(-c3cc(C)cc(Oc4ccc(C)c(NC(=O)CCCN(C)C)c4)c3)cn(C)c(=O)c2[nH]1. The Kier molecular flexibility index (Phi) is 8.74. The van der Waals surface area contributed by atoms with Crippen LogP contribution in [0.3, 0.4) is 0 Å². The largest absolute Gasteiger partial charge is 0.457 e. The fraction of sp³-hybridized carbons (Fsp3) is 0.323. The van der Waals surface area contributed by atoms with E-state index in [0.717, 1.165) is 35.2 Å². The number of carbonyl (C=O) groups is 2. The van der Waals surface area contributed by atoms with Gasteiger partial charge < -0.3 is 29.8 Å². The van der Waals surface area contributed by atoms with E-state index in [4.69, 9.17) is 4.74 Å². The standard InChI is InChI=1S/C31H37N5O4/c1-7-32-30(38)27-17-24-25(18-36(6)31(39)29(24)34-27)21-13-19(2)14-23(15-21)40-22-11-10-20(3)26(16-22)33-28(37)9-8-12-35(4)5/h10-11,13-18,34H,7-9,12H2,1-6H3,(H,32,38)(H,33,37). The molecule has 2 heterocycles. The van der Waals surface area contributed by atoms with Crippen molar-refractivity contribution < 1.29 is 14.3 Å². The highest BCUT2D eigenvalue weighted by Gasteiger charge is 2.17. The van der Waals surface area contributed by atoms with Crippen molar-refractivity contribution in [2.24, 2.45) is 7.05 Å². The molecule has 4 aromatic rings. The molecule has 3 N–H and O–H groups in total. The van der Waals surface area contributed by atoms with Crippen molar-refractivity contribution in [2.75, 3.05) is 32.5 Å². The number of aromatic nitrogens is 2. The van der Waals surface area contributed by atoms with Crippen LogP contribution in [0.2, 0.25) is 0 Å². The van der Waals surface area contributed by atoms with Crippen molar-refractivity contribution in [3.05, 3.63) is 75.8 Å². The van der Waals surface area contributed by atoms with Gasteiger partial charge in [0.25, 0.3) is 11.5 Å². The number of aryl methyl sites for hydroxylation is 3. The minimum absolute atomic E-state index is 0.0304. The van der Waals surface area contributed by atoms with Gasteiger partial charge in [-0.05, 0) is 88.8 Å². The predicted octanol–water partition coefficient (Wildman–Crippen LogP) is 4.97. The molecule has 40 heavy (non-hydrogen) atoms. The van der Waals surface area contributed by atoms with Gasteiger partial charge in [-0.3, -0.25) is 14.4 Å². The molecule has 0 radical (unpaired) electrons. The summed E-state index contributed by atoms with van der Waals surface area (Å²) in [4.78, 5) is 42.9.